The molecule has 1 aliphatic heterocycles. The standard InChI is InChI=1S/C20H23NO5/c1-5-25-19(22)18(20(23)26-6-2)15(7-9-21)17-13(4)12(3)14-8-10-24-11-16(14)17/h8,10-11,15,18H,5-7H2,1-4H3. The van der Waals surface area contributed by atoms with E-state index in [1.165, 1.54) is 0 Å². The quantitative estimate of drug-likeness (QED) is 0.554. The van der Waals surface area contributed by atoms with E-state index in [0.29, 0.717) is 0 Å². The van der Waals surface area contributed by atoms with E-state index in [1.807, 2.05) is 19.9 Å². The summed E-state index contributed by atoms with van der Waals surface area (Å²) >= 11 is 0. The molecule has 6 nitrogen and oxygen atoms in total. The van der Waals surface area contributed by atoms with E-state index >= 15 is 0 Å². The van der Waals surface area contributed by atoms with Crippen molar-refractivity contribution in [3.05, 3.63) is 35.3 Å². The van der Waals surface area contributed by atoms with E-state index in [0.717, 1.165) is 27.8 Å². The van der Waals surface area contributed by atoms with Gasteiger partial charge in [0.2, 0.25) is 0 Å². The fourth-order valence-corrected chi connectivity index (χ4v) is 3.36. The lowest BCUT2D eigenvalue weighted by atomic mass is 9.81. The van der Waals surface area contributed by atoms with Crippen LogP contribution in [0.25, 0.3) is 11.1 Å². The Morgan fingerprint density at radius 2 is 1.73 bits per heavy atom. The lowest BCUT2D eigenvalue weighted by Crippen LogP contribution is -2.33. The van der Waals surface area contributed by atoms with E-state index in [2.05, 4.69) is 6.07 Å². The predicted octanol–water partition coefficient (Wildman–Crippen LogP) is 3.74. The van der Waals surface area contributed by atoms with Gasteiger partial charge in [0, 0.05) is 17.9 Å². The monoisotopic (exact) mass is 357 g/mol. The van der Waals surface area contributed by atoms with Gasteiger partial charge in [0.05, 0.1) is 31.8 Å². The van der Waals surface area contributed by atoms with Crippen LogP contribution in [0.2, 0.25) is 0 Å². The van der Waals surface area contributed by atoms with Crippen LogP contribution in [0.5, 0.6) is 0 Å². The Hall–Kier alpha value is -2.81. The highest BCUT2D eigenvalue weighted by molar-refractivity contribution is 5.97. The Balaban J connectivity index is 2.63. The second-order valence-electron chi connectivity index (χ2n) is 6.00. The van der Waals surface area contributed by atoms with Gasteiger partial charge in [-0.2, -0.15) is 5.26 Å². The first kappa shape index (κ1) is 19.5. The minimum atomic E-state index is -1.20. The Bertz CT molecular complexity index is 783. The van der Waals surface area contributed by atoms with Gasteiger partial charge in [-0.1, -0.05) is 0 Å². The third-order valence-corrected chi connectivity index (χ3v) is 4.62. The molecule has 2 rings (SSSR count). The van der Waals surface area contributed by atoms with E-state index in [-0.39, 0.29) is 19.6 Å². The summed E-state index contributed by atoms with van der Waals surface area (Å²) in [5, 5.41) is 9.36. The van der Waals surface area contributed by atoms with Crippen LogP contribution in [0.4, 0.5) is 0 Å². The van der Waals surface area contributed by atoms with E-state index in [1.54, 1.807) is 26.4 Å². The summed E-state index contributed by atoms with van der Waals surface area (Å²) in [7, 11) is 0. The first-order valence-electron chi connectivity index (χ1n) is 8.62. The topological polar surface area (TPSA) is 89.5 Å². The average Bonchev–Trinajstić information content (AvgIpc) is 2.86. The van der Waals surface area contributed by atoms with Crippen LogP contribution in [0.15, 0.2) is 23.0 Å². The van der Waals surface area contributed by atoms with Gasteiger partial charge in [-0.3, -0.25) is 9.59 Å². The van der Waals surface area contributed by atoms with Gasteiger partial charge in [0.15, 0.2) is 5.92 Å². The van der Waals surface area contributed by atoms with Crippen LogP contribution in [0.1, 0.15) is 42.9 Å². The average molecular weight is 357 g/mol. The molecule has 0 aromatic rings. The summed E-state index contributed by atoms with van der Waals surface area (Å²) in [5.74, 6) is -3.22. The van der Waals surface area contributed by atoms with Gasteiger partial charge < -0.3 is 13.9 Å². The highest BCUT2D eigenvalue weighted by Crippen LogP contribution is 2.44. The minimum absolute atomic E-state index is 0.0173. The van der Waals surface area contributed by atoms with Crippen molar-refractivity contribution in [2.45, 2.75) is 40.0 Å². The van der Waals surface area contributed by atoms with Crippen molar-refractivity contribution in [2.75, 3.05) is 13.2 Å². The summed E-state index contributed by atoms with van der Waals surface area (Å²) in [4.78, 5) is 25.1. The zero-order valence-corrected chi connectivity index (χ0v) is 15.5. The molecule has 0 bridgehead atoms. The minimum Gasteiger partial charge on any atom is -0.472 e. The van der Waals surface area contributed by atoms with Crippen LogP contribution in [-0.4, -0.2) is 25.2 Å². The van der Waals surface area contributed by atoms with Crippen LogP contribution >= 0.6 is 0 Å². The maximum Gasteiger partial charge on any atom is 0.320 e. The molecule has 138 valence electrons. The number of esters is 2. The Morgan fingerprint density at radius 1 is 1.12 bits per heavy atom. The molecule has 1 unspecified atom stereocenters. The fourth-order valence-electron chi connectivity index (χ4n) is 3.36. The molecule has 2 aliphatic rings. The molecule has 0 aromatic carbocycles. The summed E-state index contributed by atoms with van der Waals surface area (Å²) in [6.07, 6.45) is 3.14. The second kappa shape index (κ2) is 8.52. The van der Waals surface area contributed by atoms with Crippen LogP contribution < -0.4 is 0 Å². The molecule has 1 heterocycles. The lowest BCUT2D eigenvalue weighted by molar-refractivity contribution is -0.162. The van der Waals surface area contributed by atoms with Crippen molar-refractivity contribution in [2.24, 2.45) is 5.92 Å². The second-order valence-corrected chi connectivity index (χ2v) is 6.00. The fraction of sp³-hybridized carbons (Fsp3) is 0.450. The summed E-state index contributed by atoms with van der Waals surface area (Å²) < 4.78 is 15.5. The molecule has 0 spiro atoms. The zero-order valence-electron chi connectivity index (χ0n) is 15.5. The summed E-state index contributed by atoms with van der Waals surface area (Å²) in [6, 6.07) is 3.94. The first-order valence-corrected chi connectivity index (χ1v) is 8.62. The van der Waals surface area contributed by atoms with Crippen LogP contribution in [0.3, 0.4) is 0 Å². The van der Waals surface area contributed by atoms with Crippen molar-refractivity contribution in [3.8, 4) is 17.2 Å². The lowest BCUT2D eigenvalue weighted by Gasteiger charge is -2.23. The molecule has 0 saturated heterocycles. The number of nitriles is 1. The molecule has 0 amide bonds. The number of rotatable bonds is 7. The van der Waals surface area contributed by atoms with Gasteiger partial charge in [-0.25, -0.2) is 0 Å². The molecule has 1 aliphatic carbocycles. The van der Waals surface area contributed by atoms with Gasteiger partial charge in [0.25, 0.3) is 0 Å². The zero-order chi connectivity index (χ0) is 19.3. The molecule has 0 fully saturated rings. The van der Waals surface area contributed by atoms with E-state index in [4.69, 9.17) is 13.9 Å². The first-order chi connectivity index (χ1) is 12.5. The summed E-state index contributed by atoms with van der Waals surface area (Å²) in [6.45, 7) is 7.51. The molecule has 26 heavy (non-hydrogen) atoms. The van der Waals surface area contributed by atoms with Gasteiger partial charge in [-0.05, 0) is 56.0 Å². The maximum absolute atomic E-state index is 12.5. The molecule has 6 heteroatoms. The smallest absolute Gasteiger partial charge is 0.320 e. The molecule has 1 atom stereocenters. The number of carbonyl (C=O) groups excluding carboxylic acids is 2. The Labute approximate surface area is 153 Å². The van der Waals surface area contributed by atoms with Gasteiger partial charge in [-0.15, -0.1) is 0 Å². The number of hydrogen-bond acceptors (Lipinski definition) is 6. The molecular formula is C20H23NO5. The number of nitrogens with zero attached hydrogens (tertiary/aromatic N) is 1. The van der Waals surface area contributed by atoms with Crippen molar-refractivity contribution in [1.82, 2.24) is 0 Å². The van der Waals surface area contributed by atoms with Crippen molar-refractivity contribution < 1.29 is 23.5 Å². The normalized spacial score (nSPS) is 12.0. The number of ether oxygens (including phenoxy) is 2. The SMILES string of the molecule is CCOC(=O)C(C(=O)OCC)C(CC#N)c1c2coccc-2c(C)c1C. The van der Waals surface area contributed by atoms with Crippen molar-refractivity contribution in [3.63, 3.8) is 0 Å². The van der Waals surface area contributed by atoms with E-state index < -0.39 is 23.8 Å². The third-order valence-electron chi connectivity index (χ3n) is 4.62. The van der Waals surface area contributed by atoms with Gasteiger partial charge in [0.1, 0.15) is 0 Å². The summed E-state index contributed by atoms with van der Waals surface area (Å²) in [5.41, 5.74) is 4.48. The van der Waals surface area contributed by atoms with Crippen LogP contribution in [-0.2, 0) is 19.1 Å². The highest BCUT2D eigenvalue weighted by Gasteiger charge is 2.41. The molecule has 0 saturated carbocycles. The third kappa shape index (κ3) is 3.57. The Kier molecular flexibility index (Phi) is 6.40. The molecule has 0 radical (unpaired) electrons. The largest absolute Gasteiger partial charge is 0.472 e. The highest BCUT2D eigenvalue weighted by atomic mass is 16.6. The van der Waals surface area contributed by atoms with Gasteiger partial charge >= 0.3 is 11.9 Å². The number of fused-ring (bicyclic) bond motifs is 1. The number of hydrogen-bond donors (Lipinski definition) is 0. The van der Waals surface area contributed by atoms with Crippen molar-refractivity contribution >= 4 is 11.9 Å². The number of carbonyl (C=O) groups is 2. The van der Waals surface area contributed by atoms with Crippen molar-refractivity contribution in [1.29, 1.82) is 5.26 Å². The molecular weight excluding hydrogens is 334 g/mol. The Morgan fingerprint density at radius 3 is 2.27 bits per heavy atom. The molecule has 0 aromatic heterocycles. The maximum atomic E-state index is 12.5. The van der Waals surface area contributed by atoms with E-state index in [9.17, 15) is 14.9 Å². The predicted molar refractivity (Wildman–Crippen MR) is 94.5 cm³/mol. The molecule has 0 N–H and O–H groups in total. The van der Waals surface area contributed by atoms with Crippen LogP contribution in [0, 0.1) is 31.1 Å².